The maximum absolute atomic E-state index is 13.3. The molecule has 2 N–H and O–H groups in total. The van der Waals surface area contributed by atoms with Crippen molar-refractivity contribution in [2.75, 3.05) is 0 Å². The molecule has 46 heavy (non-hydrogen) atoms. The molecule has 4 aliphatic rings. The Kier molecular flexibility index (Phi) is 9.73. The molecule has 1 aromatic carbocycles. The minimum Gasteiger partial charge on any atom is -0.458 e. The largest absolute Gasteiger partial charge is 0.458 e. The molecule has 0 bridgehead atoms. The maximum atomic E-state index is 13.3. The van der Waals surface area contributed by atoms with Gasteiger partial charge < -0.3 is 19.5 Å². The fourth-order valence-corrected chi connectivity index (χ4v) is 9.10. The van der Waals surface area contributed by atoms with Gasteiger partial charge in [-0.15, -0.1) is 0 Å². The van der Waals surface area contributed by atoms with Crippen molar-refractivity contribution in [1.82, 2.24) is 10.1 Å². The summed E-state index contributed by atoms with van der Waals surface area (Å²) in [5.74, 6) is 2.66. The zero-order valence-electron chi connectivity index (χ0n) is 27.9. The molecule has 248 valence electrons. The van der Waals surface area contributed by atoms with Gasteiger partial charge >= 0.3 is 5.97 Å². The van der Waals surface area contributed by atoms with E-state index < -0.39 is 17.6 Å². The van der Waals surface area contributed by atoms with Crippen LogP contribution in [0, 0.1) is 23.2 Å². The third-order valence-corrected chi connectivity index (χ3v) is 11.9. The van der Waals surface area contributed by atoms with Crippen molar-refractivity contribution < 1.29 is 24.3 Å². The molecule has 6 rings (SSSR count). The second kappa shape index (κ2) is 13.6. The SMILES string of the molecule is C=C1/C(=C\C=C2/CCC[C@]3(C)[C@@H]([C@H](C)CC[C@H](OC(=O)c4ccccc4)C4(c5nc(CCC)no5)CC4)CC[C@@H]23)C[C@@H](O)C[C@@H]1O. The Balaban J connectivity index is 1.17. The summed E-state index contributed by atoms with van der Waals surface area (Å²) < 4.78 is 12.1. The number of hydrogen-bond donors (Lipinski definition) is 2. The van der Waals surface area contributed by atoms with E-state index in [0.717, 1.165) is 61.9 Å². The number of rotatable bonds is 11. The Bertz CT molecular complexity index is 1460. The van der Waals surface area contributed by atoms with Crippen LogP contribution in [0.1, 0.15) is 120 Å². The van der Waals surface area contributed by atoms with Crippen LogP contribution in [0.2, 0.25) is 0 Å². The lowest BCUT2D eigenvalue weighted by atomic mass is 9.60. The van der Waals surface area contributed by atoms with Gasteiger partial charge in [0.1, 0.15) is 6.10 Å². The number of fused-ring (bicyclic) bond motifs is 1. The average Bonchev–Trinajstić information content (AvgIpc) is 3.57. The fourth-order valence-electron chi connectivity index (χ4n) is 9.10. The van der Waals surface area contributed by atoms with Crippen LogP contribution in [0.4, 0.5) is 0 Å². The highest BCUT2D eigenvalue weighted by atomic mass is 16.5. The maximum Gasteiger partial charge on any atom is 0.338 e. The molecule has 1 aromatic heterocycles. The summed E-state index contributed by atoms with van der Waals surface area (Å²) in [6.07, 6.45) is 15.0. The van der Waals surface area contributed by atoms with Crippen molar-refractivity contribution in [2.24, 2.45) is 23.2 Å². The summed E-state index contributed by atoms with van der Waals surface area (Å²) in [5.41, 5.74) is 3.61. The minimum atomic E-state index is -0.662. The quantitative estimate of drug-likeness (QED) is 0.244. The zero-order chi connectivity index (χ0) is 32.5. The van der Waals surface area contributed by atoms with Gasteiger partial charge in [0.2, 0.25) is 5.89 Å². The van der Waals surface area contributed by atoms with Crippen LogP contribution >= 0.6 is 0 Å². The van der Waals surface area contributed by atoms with E-state index in [9.17, 15) is 15.0 Å². The van der Waals surface area contributed by atoms with Gasteiger partial charge in [-0.3, -0.25) is 0 Å². The van der Waals surface area contributed by atoms with Gasteiger partial charge in [0.05, 0.1) is 23.2 Å². The third-order valence-electron chi connectivity index (χ3n) is 11.9. The Morgan fingerprint density at radius 3 is 2.67 bits per heavy atom. The molecule has 0 amide bonds. The molecule has 4 saturated carbocycles. The van der Waals surface area contributed by atoms with Crippen LogP contribution in [-0.2, 0) is 16.6 Å². The number of benzene rings is 1. The highest BCUT2D eigenvalue weighted by Gasteiger charge is 2.58. The predicted octanol–water partition coefficient (Wildman–Crippen LogP) is 7.84. The molecular formula is C39H52N2O5. The second-order valence-electron chi connectivity index (χ2n) is 14.9. The van der Waals surface area contributed by atoms with E-state index in [1.54, 1.807) is 0 Å². The lowest BCUT2D eigenvalue weighted by molar-refractivity contribution is 0.00902. The van der Waals surface area contributed by atoms with Gasteiger partial charge in [-0.25, -0.2) is 4.79 Å². The van der Waals surface area contributed by atoms with Gasteiger partial charge in [0, 0.05) is 12.8 Å². The predicted molar refractivity (Wildman–Crippen MR) is 178 cm³/mol. The lowest BCUT2D eigenvalue weighted by Gasteiger charge is -2.44. The number of aryl methyl sites for hydroxylation is 1. The number of carbonyl (C=O) groups is 1. The van der Waals surface area contributed by atoms with Gasteiger partial charge in [-0.05, 0) is 117 Å². The number of nitrogens with zero attached hydrogens (tertiary/aromatic N) is 2. The number of aliphatic hydroxyl groups excluding tert-OH is 2. The molecule has 1 heterocycles. The molecule has 0 radical (unpaired) electrons. The first-order valence-electron chi connectivity index (χ1n) is 17.7. The Labute approximate surface area is 274 Å². The minimum absolute atomic E-state index is 0.222. The molecule has 7 heteroatoms. The van der Waals surface area contributed by atoms with E-state index in [0.29, 0.717) is 42.0 Å². The first-order valence-corrected chi connectivity index (χ1v) is 17.7. The highest BCUT2D eigenvalue weighted by Crippen LogP contribution is 2.60. The first-order chi connectivity index (χ1) is 22.1. The summed E-state index contributed by atoms with van der Waals surface area (Å²) in [6, 6.07) is 9.27. The van der Waals surface area contributed by atoms with Crippen molar-refractivity contribution >= 4 is 5.97 Å². The number of carbonyl (C=O) groups excluding carboxylic acids is 1. The Hall–Kier alpha value is -3.03. The van der Waals surface area contributed by atoms with Crippen molar-refractivity contribution in [2.45, 2.75) is 128 Å². The van der Waals surface area contributed by atoms with E-state index in [1.807, 2.05) is 30.3 Å². The van der Waals surface area contributed by atoms with Crippen LogP contribution in [0.25, 0.3) is 0 Å². The fraction of sp³-hybridized carbons (Fsp3) is 0.615. The molecule has 2 aromatic rings. The normalized spacial score (nSPS) is 31.9. The summed E-state index contributed by atoms with van der Waals surface area (Å²) in [6.45, 7) is 11.1. The second-order valence-corrected chi connectivity index (χ2v) is 14.9. The van der Waals surface area contributed by atoms with E-state index >= 15 is 0 Å². The van der Waals surface area contributed by atoms with Crippen molar-refractivity contribution in [1.29, 1.82) is 0 Å². The number of ether oxygens (including phenoxy) is 1. The molecule has 0 spiro atoms. The van der Waals surface area contributed by atoms with Crippen LogP contribution in [0.3, 0.4) is 0 Å². The van der Waals surface area contributed by atoms with Crippen molar-refractivity contribution in [3.05, 3.63) is 83.1 Å². The number of hydrogen-bond acceptors (Lipinski definition) is 7. The van der Waals surface area contributed by atoms with Gasteiger partial charge in [-0.1, -0.05) is 68.4 Å². The van der Waals surface area contributed by atoms with Gasteiger partial charge in [0.25, 0.3) is 0 Å². The third kappa shape index (κ3) is 6.55. The highest BCUT2D eigenvalue weighted by molar-refractivity contribution is 5.89. The molecular weight excluding hydrogens is 576 g/mol. The van der Waals surface area contributed by atoms with Crippen LogP contribution in [0.15, 0.2) is 70.3 Å². The van der Waals surface area contributed by atoms with Gasteiger partial charge in [0.15, 0.2) is 5.82 Å². The standard InChI is InChI=1S/C39H52N2O5/c1-5-10-35-40-37(46-41-35)39(21-22-39)34(45-36(44)28-11-7-6-8-12-28)19-14-25(2)31-17-18-32-27(13-9-20-38(31,32)4)15-16-29-23-30(42)24-33(43)26(29)3/h6-8,11-12,15-16,25,30-34,42-43H,3,5,9-10,13-14,17-24H2,1-2,4H3/b27-15+,29-16-/t25-,30-,31-,32+,33+,34+,38-/m1/s1. The van der Waals surface area contributed by atoms with E-state index in [2.05, 4.69) is 44.7 Å². The summed E-state index contributed by atoms with van der Waals surface area (Å²) in [4.78, 5) is 18.1. The molecule has 4 fully saturated rings. The summed E-state index contributed by atoms with van der Waals surface area (Å²) in [5, 5.41) is 24.8. The molecule has 4 aliphatic carbocycles. The van der Waals surface area contributed by atoms with E-state index in [-0.39, 0.29) is 17.5 Å². The van der Waals surface area contributed by atoms with Crippen molar-refractivity contribution in [3.8, 4) is 0 Å². The van der Waals surface area contributed by atoms with Crippen molar-refractivity contribution in [3.63, 3.8) is 0 Å². The molecule has 0 saturated heterocycles. The average molecular weight is 629 g/mol. The zero-order valence-corrected chi connectivity index (χ0v) is 27.9. The number of allylic oxidation sites excluding steroid dienone is 3. The molecule has 0 unspecified atom stereocenters. The molecule has 7 atom stereocenters. The molecule has 7 nitrogen and oxygen atoms in total. The summed E-state index contributed by atoms with van der Waals surface area (Å²) in [7, 11) is 0. The Morgan fingerprint density at radius 1 is 1.15 bits per heavy atom. The molecule has 0 aliphatic heterocycles. The lowest BCUT2D eigenvalue weighted by Crippen LogP contribution is -2.37. The topological polar surface area (TPSA) is 106 Å². The number of aliphatic hydroxyl groups is 2. The van der Waals surface area contributed by atoms with Crippen LogP contribution in [0.5, 0.6) is 0 Å². The van der Waals surface area contributed by atoms with Gasteiger partial charge in [-0.2, -0.15) is 4.98 Å². The first kappa shape index (κ1) is 32.9. The van der Waals surface area contributed by atoms with E-state index in [1.165, 1.54) is 31.3 Å². The monoisotopic (exact) mass is 628 g/mol. The Morgan fingerprint density at radius 2 is 1.93 bits per heavy atom. The number of esters is 1. The van der Waals surface area contributed by atoms with E-state index in [4.69, 9.17) is 14.2 Å². The summed E-state index contributed by atoms with van der Waals surface area (Å²) >= 11 is 0. The van der Waals surface area contributed by atoms with Crippen LogP contribution in [-0.4, -0.2) is 44.6 Å². The van der Waals surface area contributed by atoms with Crippen LogP contribution < -0.4 is 0 Å². The smallest absolute Gasteiger partial charge is 0.338 e. The number of aromatic nitrogens is 2.